The number of hydrogen-bond acceptors (Lipinski definition) is 1. The molecule has 0 saturated heterocycles. The molecule has 2 heteroatoms. The molecule has 25 heavy (non-hydrogen) atoms. The molecule has 0 bridgehead atoms. The summed E-state index contributed by atoms with van der Waals surface area (Å²) in [5, 5.41) is 6.35. The van der Waals surface area contributed by atoms with Crippen molar-refractivity contribution in [2.75, 3.05) is 26.2 Å². The van der Waals surface area contributed by atoms with Crippen LogP contribution in [0, 0.1) is 0 Å². The average Bonchev–Trinajstić information content (AvgIpc) is 2.69. The van der Waals surface area contributed by atoms with Gasteiger partial charge in [0.25, 0.3) is 0 Å². The van der Waals surface area contributed by atoms with E-state index >= 15 is 0 Å². The zero-order valence-electron chi connectivity index (χ0n) is 15.4. The predicted octanol–water partition coefficient (Wildman–Crippen LogP) is 4.98. The third kappa shape index (κ3) is 3.92. The fourth-order valence-corrected chi connectivity index (χ4v) is 3.74. The van der Waals surface area contributed by atoms with Gasteiger partial charge in [-0.1, -0.05) is 60.7 Å². The largest absolute Gasteiger partial charge is 0.307 e. The van der Waals surface area contributed by atoms with Crippen LogP contribution in [0.25, 0.3) is 10.8 Å². The van der Waals surface area contributed by atoms with Crippen LogP contribution in [0.15, 0.2) is 72.8 Å². The Bertz CT molecular complexity index is 786. The van der Waals surface area contributed by atoms with Gasteiger partial charge in [-0.3, -0.25) is 4.48 Å². The molecule has 0 unspecified atom stereocenters. The Kier molecular flexibility index (Phi) is 5.85. The van der Waals surface area contributed by atoms with E-state index < -0.39 is 0 Å². The van der Waals surface area contributed by atoms with Gasteiger partial charge in [0.15, 0.2) is 0 Å². The molecule has 0 aromatic heterocycles. The fraction of sp³-hybridized carbons (Fsp3) is 0.304. The minimum Gasteiger partial charge on any atom is -0.307 e. The molecule has 3 aromatic rings. The molecule has 130 valence electrons. The zero-order valence-corrected chi connectivity index (χ0v) is 15.4. The lowest BCUT2D eigenvalue weighted by Crippen LogP contribution is -2.52. The van der Waals surface area contributed by atoms with Crippen molar-refractivity contribution >= 4 is 16.5 Å². The molecule has 0 radical (unpaired) electrons. The molecule has 0 amide bonds. The van der Waals surface area contributed by atoms with Crippen LogP contribution < -0.4 is 9.80 Å². The van der Waals surface area contributed by atoms with Gasteiger partial charge in [-0.25, -0.2) is 0 Å². The second-order valence-corrected chi connectivity index (χ2v) is 6.66. The van der Waals surface area contributed by atoms with E-state index in [1.54, 1.807) is 0 Å². The molecule has 0 aliphatic rings. The van der Waals surface area contributed by atoms with Gasteiger partial charge in [0.1, 0.15) is 5.69 Å². The summed E-state index contributed by atoms with van der Waals surface area (Å²) in [5.41, 5.74) is 2.79. The molecule has 3 aromatic carbocycles. The predicted molar refractivity (Wildman–Crippen MR) is 110 cm³/mol. The standard InChI is InChI=1S/C23H29N2/c1-3-25(4-2,18-17-24-19-20-11-6-5-7-12-20)23-16-10-14-21-13-8-9-15-22(21)23/h5-16,24H,3-4,17-19H2,1-2H3/q+1. The van der Waals surface area contributed by atoms with Gasteiger partial charge >= 0.3 is 0 Å². The number of rotatable bonds is 8. The Morgan fingerprint density at radius 1 is 0.760 bits per heavy atom. The molecule has 0 saturated carbocycles. The number of hydrogen-bond donors (Lipinski definition) is 1. The van der Waals surface area contributed by atoms with Crippen molar-refractivity contribution in [3.05, 3.63) is 78.4 Å². The lowest BCUT2D eigenvalue weighted by molar-refractivity contribution is 0.300. The SMILES string of the molecule is CC[N+](CC)(CCNCc1ccccc1)c1cccc2ccccc12. The number of nitrogens with zero attached hydrogens (tertiary/aromatic N) is 1. The summed E-state index contributed by atoms with van der Waals surface area (Å²) >= 11 is 0. The lowest BCUT2D eigenvalue weighted by Gasteiger charge is -2.37. The highest BCUT2D eigenvalue weighted by Crippen LogP contribution is 2.31. The van der Waals surface area contributed by atoms with Crippen LogP contribution in [0.3, 0.4) is 0 Å². The van der Waals surface area contributed by atoms with Crippen molar-refractivity contribution in [3.63, 3.8) is 0 Å². The van der Waals surface area contributed by atoms with Gasteiger partial charge in [0.2, 0.25) is 0 Å². The number of fused-ring (bicyclic) bond motifs is 1. The van der Waals surface area contributed by atoms with Crippen LogP contribution in [0.2, 0.25) is 0 Å². The van der Waals surface area contributed by atoms with Crippen LogP contribution in [0.1, 0.15) is 19.4 Å². The van der Waals surface area contributed by atoms with E-state index in [0.717, 1.165) is 37.2 Å². The maximum Gasteiger partial charge on any atom is 0.140 e. The zero-order chi connectivity index (χ0) is 17.5. The first-order valence-electron chi connectivity index (χ1n) is 9.38. The summed E-state index contributed by atoms with van der Waals surface area (Å²) in [6, 6.07) is 26.1. The summed E-state index contributed by atoms with van der Waals surface area (Å²) in [5.74, 6) is 0. The highest BCUT2D eigenvalue weighted by molar-refractivity contribution is 5.93. The van der Waals surface area contributed by atoms with Crippen molar-refractivity contribution in [2.24, 2.45) is 0 Å². The first kappa shape index (κ1) is 17.7. The first-order chi connectivity index (χ1) is 12.3. The van der Waals surface area contributed by atoms with E-state index in [0.29, 0.717) is 0 Å². The van der Waals surface area contributed by atoms with E-state index in [-0.39, 0.29) is 0 Å². The van der Waals surface area contributed by atoms with Gasteiger partial charge in [0.05, 0.1) is 19.6 Å². The van der Waals surface area contributed by atoms with Crippen molar-refractivity contribution in [3.8, 4) is 0 Å². The molecule has 0 aliphatic carbocycles. The van der Waals surface area contributed by atoms with E-state index in [9.17, 15) is 0 Å². The summed E-state index contributed by atoms with van der Waals surface area (Å²) in [6.45, 7) is 9.89. The minimum atomic E-state index is 0.934. The summed E-state index contributed by atoms with van der Waals surface area (Å²) in [6.07, 6.45) is 0. The van der Waals surface area contributed by atoms with Crippen LogP contribution in [-0.4, -0.2) is 26.2 Å². The van der Waals surface area contributed by atoms with Crippen LogP contribution in [0.4, 0.5) is 5.69 Å². The molecular weight excluding hydrogens is 304 g/mol. The Morgan fingerprint density at radius 3 is 2.20 bits per heavy atom. The van der Waals surface area contributed by atoms with Gasteiger partial charge in [-0.05, 0) is 36.9 Å². The quantitative estimate of drug-likeness (QED) is 0.453. The average molecular weight is 333 g/mol. The third-order valence-corrected chi connectivity index (χ3v) is 5.38. The smallest absolute Gasteiger partial charge is 0.140 e. The molecular formula is C23H29N2+. The summed E-state index contributed by atoms with van der Waals surface area (Å²) < 4.78 is 1.02. The van der Waals surface area contributed by atoms with Gasteiger partial charge in [-0.2, -0.15) is 0 Å². The molecule has 0 aliphatic heterocycles. The molecule has 0 fully saturated rings. The van der Waals surface area contributed by atoms with Crippen molar-refractivity contribution in [1.82, 2.24) is 9.80 Å². The number of quaternary nitrogens is 1. The number of likely N-dealkylation sites (N-methyl/N-ethyl adjacent to an activating group) is 1. The van der Waals surface area contributed by atoms with Crippen LogP contribution in [-0.2, 0) is 6.54 Å². The van der Waals surface area contributed by atoms with E-state index in [1.807, 2.05) is 0 Å². The highest BCUT2D eigenvalue weighted by Gasteiger charge is 2.27. The summed E-state index contributed by atoms with van der Waals surface area (Å²) in [7, 11) is 0. The molecule has 0 atom stereocenters. The maximum absolute atomic E-state index is 3.63. The molecule has 1 N–H and O–H groups in total. The second kappa shape index (κ2) is 8.28. The van der Waals surface area contributed by atoms with E-state index in [4.69, 9.17) is 0 Å². The molecule has 0 heterocycles. The van der Waals surface area contributed by atoms with Crippen LogP contribution >= 0.6 is 0 Å². The van der Waals surface area contributed by atoms with E-state index in [2.05, 4.69) is 92.0 Å². The summed E-state index contributed by atoms with van der Waals surface area (Å²) in [4.78, 5) is 0. The number of nitrogens with one attached hydrogen (secondary N) is 1. The number of benzene rings is 3. The monoisotopic (exact) mass is 333 g/mol. The normalized spacial score (nSPS) is 11.8. The minimum absolute atomic E-state index is 0.934. The lowest BCUT2D eigenvalue weighted by atomic mass is 10.1. The van der Waals surface area contributed by atoms with Gasteiger partial charge in [0, 0.05) is 18.5 Å². The second-order valence-electron chi connectivity index (χ2n) is 6.66. The van der Waals surface area contributed by atoms with Gasteiger partial charge in [-0.15, -0.1) is 0 Å². The molecule has 2 nitrogen and oxygen atoms in total. The van der Waals surface area contributed by atoms with Crippen molar-refractivity contribution in [2.45, 2.75) is 20.4 Å². The first-order valence-corrected chi connectivity index (χ1v) is 9.38. The topological polar surface area (TPSA) is 12.0 Å². The van der Waals surface area contributed by atoms with Gasteiger partial charge < -0.3 is 5.32 Å². The third-order valence-electron chi connectivity index (χ3n) is 5.38. The Balaban J connectivity index is 1.76. The van der Waals surface area contributed by atoms with Crippen LogP contribution in [0.5, 0.6) is 0 Å². The Labute approximate surface area is 151 Å². The van der Waals surface area contributed by atoms with Crippen molar-refractivity contribution < 1.29 is 0 Å². The van der Waals surface area contributed by atoms with Crippen molar-refractivity contribution in [1.29, 1.82) is 0 Å². The molecule has 3 rings (SSSR count). The fourth-order valence-electron chi connectivity index (χ4n) is 3.74. The van der Waals surface area contributed by atoms with E-state index in [1.165, 1.54) is 22.0 Å². The Morgan fingerprint density at radius 2 is 1.44 bits per heavy atom. The Hall–Kier alpha value is -2.16. The molecule has 0 spiro atoms. The highest BCUT2D eigenvalue weighted by atomic mass is 15.4. The maximum atomic E-state index is 3.63.